The third-order valence-electron chi connectivity index (χ3n) is 4.58. The van der Waals surface area contributed by atoms with E-state index in [1.165, 1.54) is 23.5 Å². The van der Waals surface area contributed by atoms with Crippen molar-refractivity contribution in [2.75, 3.05) is 32.1 Å². The first-order valence-electron chi connectivity index (χ1n) is 8.21. The number of hydrogen-bond acceptors (Lipinski definition) is 6. The van der Waals surface area contributed by atoms with Crippen LogP contribution in [0.15, 0.2) is 24.5 Å². The van der Waals surface area contributed by atoms with E-state index in [-0.39, 0.29) is 0 Å². The first-order chi connectivity index (χ1) is 11.1. The molecule has 1 fully saturated rings. The quantitative estimate of drug-likeness (QED) is 0.842. The van der Waals surface area contributed by atoms with Gasteiger partial charge in [-0.15, -0.1) is 0 Å². The van der Waals surface area contributed by atoms with Crippen LogP contribution < -0.4 is 4.90 Å². The normalized spacial score (nSPS) is 22.0. The van der Waals surface area contributed by atoms with Crippen LogP contribution in [0.3, 0.4) is 0 Å². The summed E-state index contributed by atoms with van der Waals surface area (Å²) in [6.07, 6.45) is 5.05. The molecule has 23 heavy (non-hydrogen) atoms. The summed E-state index contributed by atoms with van der Waals surface area (Å²) >= 11 is 1.51. The van der Waals surface area contributed by atoms with E-state index in [4.69, 9.17) is 0 Å². The van der Waals surface area contributed by atoms with E-state index in [1.807, 2.05) is 18.5 Å². The van der Waals surface area contributed by atoms with Gasteiger partial charge in [-0.05, 0) is 37.6 Å². The fraction of sp³-hybridized carbons (Fsp3) is 0.588. The Morgan fingerprint density at radius 1 is 1.43 bits per heavy atom. The Balaban J connectivity index is 1.72. The SMILES string of the molecule is CC(C)c1nsc(N(C)C[C@@H]2CCN(C)[C@H]2c2cccnc2)n1. The molecule has 0 spiro atoms. The average Bonchev–Trinajstić information content (AvgIpc) is 3.16. The lowest BCUT2D eigenvalue weighted by Gasteiger charge is -2.28. The van der Waals surface area contributed by atoms with Gasteiger partial charge in [0.05, 0.1) is 0 Å². The molecule has 0 amide bonds. The van der Waals surface area contributed by atoms with Crippen LogP contribution in [-0.2, 0) is 0 Å². The molecule has 3 heterocycles. The van der Waals surface area contributed by atoms with Gasteiger partial charge in [0, 0.05) is 49.5 Å². The maximum Gasteiger partial charge on any atom is 0.204 e. The lowest BCUT2D eigenvalue weighted by molar-refractivity contribution is 0.278. The standard InChI is InChI=1S/C17H25N5S/c1-12(2)16-19-17(23-20-16)22(4)11-14-7-9-21(3)15(14)13-6-5-8-18-10-13/h5-6,8,10,12,14-15H,7,9,11H2,1-4H3/t14-,15-/m0/s1. The number of likely N-dealkylation sites (tertiary alicyclic amines) is 1. The minimum atomic E-state index is 0.383. The number of nitrogens with zero attached hydrogens (tertiary/aromatic N) is 5. The van der Waals surface area contributed by atoms with Gasteiger partial charge in [0.1, 0.15) is 5.82 Å². The first-order valence-corrected chi connectivity index (χ1v) is 8.98. The van der Waals surface area contributed by atoms with Gasteiger partial charge in [0.25, 0.3) is 0 Å². The van der Waals surface area contributed by atoms with Crippen LogP contribution in [-0.4, -0.2) is 46.4 Å². The maximum atomic E-state index is 4.68. The van der Waals surface area contributed by atoms with Crippen molar-refractivity contribution < 1.29 is 0 Å². The zero-order valence-corrected chi connectivity index (χ0v) is 15.1. The lowest BCUT2D eigenvalue weighted by atomic mass is 9.94. The second kappa shape index (κ2) is 6.93. The molecule has 0 bridgehead atoms. The summed E-state index contributed by atoms with van der Waals surface area (Å²) in [5.74, 6) is 1.92. The van der Waals surface area contributed by atoms with Gasteiger partial charge in [-0.2, -0.15) is 4.37 Å². The Bertz CT molecular complexity index is 627. The molecule has 6 heteroatoms. The Labute approximate surface area is 142 Å². The summed E-state index contributed by atoms with van der Waals surface area (Å²) in [7, 11) is 4.34. The molecule has 0 aliphatic carbocycles. The number of pyridine rings is 1. The summed E-state index contributed by atoms with van der Waals surface area (Å²) in [5, 5.41) is 1.02. The van der Waals surface area contributed by atoms with Crippen LogP contribution >= 0.6 is 11.5 Å². The van der Waals surface area contributed by atoms with Crippen LogP contribution in [0.1, 0.15) is 43.6 Å². The van der Waals surface area contributed by atoms with E-state index in [0.717, 1.165) is 24.0 Å². The highest BCUT2D eigenvalue weighted by atomic mass is 32.1. The lowest BCUT2D eigenvalue weighted by Crippen LogP contribution is -2.30. The smallest absolute Gasteiger partial charge is 0.204 e. The van der Waals surface area contributed by atoms with Crippen molar-refractivity contribution in [1.82, 2.24) is 19.2 Å². The molecule has 1 aliphatic heterocycles. The third-order valence-corrected chi connectivity index (χ3v) is 5.43. The van der Waals surface area contributed by atoms with Gasteiger partial charge in [-0.1, -0.05) is 19.9 Å². The van der Waals surface area contributed by atoms with Gasteiger partial charge in [-0.25, -0.2) is 4.98 Å². The molecule has 5 nitrogen and oxygen atoms in total. The van der Waals surface area contributed by atoms with Crippen LogP contribution in [0.2, 0.25) is 0 Å². The summed E-state index contributed by atoms with van der Waals surface area (Å²) in [5.41, 5.74) is 1.31. The highest BCUT2D eigenvalue weighted by Crippen LogP contribution is 2.36. The van der Waals surface area contributed by atoms with Gasteiger partial charge in [0.15, 0.2) is 0 Å². The van der Waals surface area contributed by atoms with Crippen molar-refractivity contribution in [3.05, 3.63) is 35.9 Å². The Morgan fingerprint density at radius 2 is 2.26 bits per heavy atom. The molecular formula is C17H25N5S. The molecular weight excluding hydrogens is 306 g/mol. The summed E-state index contributed by atoms with van der Waals surface area (Å²) in [6, 6.07) is 4.65. The number of rotatable bonds is 5. The highest BCUT2D eigenvalue weighted by Gasteiger charge is 2.34. The molecule has 1 saturated heterocycles. The first kappa shape index (κ1) is 16.3. The Kier molecular flexibility index (Phi) is 4.92. The van der Waals surface area contributed by atoms with Crippen molar-refractivity contribution in [2.45, 2.75) is 32.2 Å². The third kappa shape index (κ3) is 3.53. The molecule has 0 aromatic carbocycles. The van der Waals surface area contributed by atoms with E-state index in [9.17, 15) is 0 Å². The monoisotopic (exact) mass is 331 g/mol. The predicted molar refractivity (Wildman–Crippen MR) is 95.0 cm³/mol. The second-order valence-corrected chi connectivity index (χ2v) is 7.46. The Morgan fingerprint density at radius 3 is 2.91 bits per heavy atom. The van der Waals surface area contributed by atoms with Crippen molar-refractivity contribution in [2.24, 2.45) is 5.92 Å². The summed E-state index contributed by atoms with van der Waals surface area (Å²) < 4.78 is 4.47. The average molecular weight is 331 g/mol. The molecule has 2 atom stereocenters. The minimum absolute atomic E-state index is 0.383. The van der Waals surface area contributed by atoms with Gasteiger partial charge < -0.3 is 4.90 Å². The number of hydrogen-bond donors (Lipinski definition) is 0. The molecule has 3 rings (SSSR count). The predicted octanol–water partition coefficient (Wildman–Crippen LogP) is 3.19. The van der Waals surface area contributed by atoms with Crippen molar-refractivity contribution in [3.8, 4) is 0 Å². The van der Waals surface area contributed by atoms with E-state index in [2.05, 4.69) is 58.2 Å². The van der Waals surface area contributed by atoms with E-state index < -0.39 is 0 Å². The van der Waals surface area contributed by atoms with E-state index in [1.54, 1.807) is 0 Å². The molecule has 0 unspecified atom stereocenters. The van der Waals surface area contributed by atoms with E-state index >= 15 is 0 Å². The Hall–Kier alpha value is -1.53. The zero-order chi connectivity index (χ0) is 16.4. The molecule has 0 saturated carbocycles. The fourth-order valence-electron chi connectivity index (χ4n) is 3.34. The number of aromatic nitrogens is 3. The summed E-state index contributed by atoms with van der Waals surface area (Å²) in [6.45, 7) is 6.40. The molecule has 1 aliphatic rings. The maximum absolute atomic E-state index is 4.68. The van der Waals surface area contributed by atoms with Crippen molar-refractivity contribution in [1.29, 1.82) is 0 Å². The van der Waals surface area contributed by atoms with Crippen LogP contribution in [0.25, 0.3) is 0 Å². The summed E-state index contributed by atoms with van der Waals surface area (Å²) in [4.78, 5) is 13.7. The molecule has 2 aromatic rings. The molecule has 2 aromatic heterocycles. The highest BCUT2D eigenvalue weighted by molar-refractivity contribution is 7.09. The number of anilines is 1. The largest absolute Gasteiger partial charge is 0.350 e. The van der Waals surface area contributed by atoms with Gasteiger partial charge in [0.2, 0.25) is 5.13 Å². The van der Waals surface area contributed by atoms with Crippen LogP contribution in [0.5, 0.6) is 0 Å². The molecule has 124 valence electrons. The minimum Gasteiger partial charge on any atom is -0.350 e. The van der Waals surface area contributed by atoms with Crippen molar-refractivity contribution in [3.63, 3.8) is 0 Å². The van der Waals surface area contributed by atoms with Crippen LogP contribution in [0, 0.1) is 5.92 Å². The second-order valence-electron chi connectivity index (χ2n) is 6.73. The zero-order valence-electron chi connectivity index (χ0n) is 14.3. The van der Waals surface area contributed by atoms with Gasteiger partial charge >= 0.3 is 0 Å². The van der Waals surface area contributed by atoms with Crippen LogP contribution in [0.4, 0.5) is 5.13 Å². The molecule has 0 N–H and O–H groups in total. The van der Waals surface area contributed by atoms with Gasteiger partial charge in [-0.3, -0.25) is 9.88 Å². The van der Waals surface area contributed by atoms with E-state index in [0.29, 0.717) is 17.9 Å². The topological polar surface area (TPSA) is 45.2 Å². The van der Waals surface area contributed by atoms with Crippen molar-refractivity contribution >= 4 is 16.7 Å². The fourth-order valence-corrected chi connectivity index (χ4v) is 4.12. The molecule has 0 radical (unpaired) electrons.